The number of nitrogens with two attached hydrogens (primary N) is 1. The summed E-state index contributed by atoms with van der Waals surface area (Å²) in [6, 6.07) is 5.64. The van der Waals surface area contributed by atoms with Gasteiger partial charge in [-0.2, -0.15) is 0 Å². The van der Waals surface area contributed by atoms with Crippen molar-refractivity contribution in [3.05, 3.63) is 28.8 Å². The molecule has 0 aliphatic heterocycles. The molecular formula is C14H22ClN3O. The van der Waals surface area contributed by atoms with E-state index in [1.807, 2.05) is 32.0 Å². The SMILES string of the molecule is CCCNC(=O)CC(CN)Nc1ccc(C)c(Cl)c1. The fourth-order valence-electron chi connectivity index (χ4n) is 1.67. The zero-order valence-corrected chi connectivity index (χ0v) is 12.3. The van der Waals surface area contributed by atoms with Crippen molar-refractivity contribution in [2.45, 2.75) is 32.7 Å². The van der Waals surface area contributed by atoms with Gasteiger partial charge in [0.05, 0.1) is 0 Å². The van der Waals surface area contributed by atoms with E-state index in [1.54, 1.807) is 0 Å². The van der Waals surface area contributed by atoms with Gasteiger partial charge in [0.25, 0.3) is 0 Å². The molecule has 0 aliphatic carbocycles. The summed E-state index contributed by atoms with van der Waals surface area (Å²) in [5.41, 5.74) is 7.60. The number of halogens is 1. The van der Waals surface area contributed by atoms with Crippen molar-refractivity contribution in [2.24, 2.45) is 5.73 Å². The zero-order chi connectivity index (χ0) is 14.3. The summed E-state index contributed by atoms with van der Waals surface area (Å²) >= 11 is 6.06. The number of carbonyl (C=O) groups is 1. The van der Waals surface area contributed by atoms with Crippen LogP contribution in [0.1, 0.15) is 25.3 Å². The van der Waals surface area contributed by atoms with Gasteiger partial charge in [-0.05, 0) is 31.0 Å². The summed E-state index contributed by atoms with van der Waals surface area (Å²) in [5.74, 6) is 0.0167. The van der Waals surface area contributed by atoms with Crippen LogP contribution < -0.4 is 16.4 Å². The molecule has 106 valence electrons. The van der Waals surface area contributed by atoms with Gasteiger partial charge in [-0.15, -0.1) is 0 Å². The third kappa shape index (κ3) is 5.49. The van der Waals surface area contributed by atoms with Crippen molar-refractivity contribution in [2.75, 3.05) is 18.4 Å². The van der Waals surface area contributed by atoms with Crippen molar-refractivity contribution in [3.63, 3.8) is 0 Å². The highest BCUT2D eigenvalue weighted by Crippen LogP contribution is 2.20. The Balaban J connectivity index is 2.56. The van der Waals surface area contributed by atoms with E-state index in [4.69, 9.17) is 17.3 Å². The van der Waals surface area contributed by atoms with Crippen molar-refractivity contribution in [1.29, 1.82) is 0 Å². The Hall–Kier alpha value is -1.26. The lowest BCUT2D eigenvalue weighted by molar-refractivity contribution is -0.121. The molecule has 0 saturated carbocycles. The Morgan fingerprint density at radius 1 is 1.47 bits per heavy atom. The maximum Gasteiger partial charge on any atom is 0.222 e. The van der Waals surface area contributed by atoms with Crippen LogP contribution in [-0.4, -0.2) is 25.0 Å². The first-order valence-corrected chi connectivity index (χ1v) is 6.94. The molecule has 0 heterocycles. The fourth-order valence-corrected chi connectivity index (χ4v) is 1.85. The van der Waals surface area contributed by atoms with Crippen LogP contribution >= 0.6 is 11.6 Å². The first-order valence-electron chi connectivity index (χ1n) is 6.56. The van der Waals surface area contributed by atoms with Gasteiger partial charge in [0.1, 0.15) is 0 Å². The Morgan fingerprint density at radius 2 is 2.21 bits per heavy atom. The third-order valence-electron chi connectivity index (χ3n) is 2.83. The topological polar surface area (TPSA) is 67.2 Å². The minimum Gasteiger partial charge on any atom is -0.380 e. The summed E-state index contributed by atoms with van der Waals surface area (Å²) in [6.45, 7) is 5.06. The number of carbonyl (C=O) groups excluding carboxylic acids is 1. The number of aryl methyl sites for hydroxylation is 1. The van der Waals surface area contributed by atoms with Crippen LogP contribution in [0.15, 0.2) is 18.2 Å². The molecule has 0 bridgehead atoms. The Bertz CT molecular complexity index is 423. The van der Waals surface area contributed by atoms with E-state index in [2.05, 4.69) is 10.6 Å². The molecule has 1 rings (SSSR count). The minimum atomic E-state index is -0.0874. The molecular weight excluding hydrogens is 262 g/mol. The van der Waals surface area contributed by atoms with Gasteiger partial charge < -0.3 is 16.4 Å². The van der Waals surface area contributed by atoms with Gasteiger partial charge >= 0.3 is 0 Å². The van der Waals surface area contributed by atoms with Gasteiger partial charge in [-0.25, -0.2) is 0 Å². The van der Waals surface area contributed by atoms with E-state index in [0.717, 1.165) is 17.7 Å². The van der Waals surface area contributed by atoms with Crippen LogP contribution in [-0.2, 0) is 4.79 Å². The molecule has 0 spiro atoms. The molecule has 1 aromatic carbocycles. The van der Waals surface area contributed by atoms with Crippen LogP contribution in [0, 0.1) is 6.92 Å². The molecule has 1 atom stereocenters. The molecule has 0 fully saturated rings. The highest BCUT2D eigenvalue weighted by molar-refractivity contribution is 6.31. The van der Waals surface area contributed by atoms with Crippen LogP contribution in [0.4, 0.5) is 5.69 Å². The molecule has 5 heteroatoms. The Kier molecular flexibility index (Phi) is 6.67. The molecule has 4 nitrogen and oxygen atoms in total. The van der Waals surface area contributed by atoms with E-state index in [-0.39, 0.29) is 11.9 Å². The number of benzene rings is 1. The van der Waals surface area contributed by atoms with Crippen molar-refractivity contribution in [1.82, 2.24) is 5.32 Å². The van der Waals surface area contributed by atoms with Crippen molar-refractivity contribution >= 4 is 23.2 Å². The Morgan fingerprint density at radius 3 is 2.79 bits per heavy atom. The fraction of sp³-hybridized carbons (Fsp3) is 0.500. The number of amides is 1. The number of nitrogens with one attached hydrogen (secondary N) is 2. The second kappa shape index (κ2) is 8.02. The standard InChI is InChI=1S/C14H22ClN3O/c1-3-6-17-14(19)8-12(9-16)18-11-5-4-10(2)13(15)7-11/h4-5,7,12,18H,3,6,8-9,16H2,1-2H3,(H,17,19). The monoisotopic (exact) mass is 283 g/mol. The first-order chi connectivity index (χ1) is 9.06. The highest BCUT2D eigenvalue weighted by atomic mass is 35.5. The lowest BCUT2D eigenvalue weighted by Crippen LogP contribution is -2.36. The van der Waals surface area contributed by atoms with E-state index >= 15 is 0 Å². The van der Waals surface area contributed by atoms with Gasteiger partial charge in [0.2, 0.25) is 5.91 Å². The highest BCUT2D eigenvalue weighted by Gasteiger charge is 2.12. The normalized spacial score (nSPS) is 12.0. The number of anilines is 1. The van der Waals surface area contributed by atoms with Gasteiger partial charge in [0.15, 0.2) is 0 Å². The first kappa shape index (κ1) is 15.8. The van der Waals surface area contributed by atoms with Gasteiger partial charge in [-0.3, -0.25) is 4.79 Å². The molecule has 1 amide bonds. The van der Waals surface area contributed by atoms with Crippen molar-refractivity contribution in [3.8, 4) is 0 Å². The summed E-state index contributed by atoms with van der Waals surface area (Å²) in [5, 5.41) is 6.78. The van der Waals surface area contributed by atoms with Gasteiger partial charge in [0, 0.05) is 36.3 Å². The predicted molar refractivity (Wildman–Crippen MR) is 80.6 cm³/mol. The average molecular weight is 284 g/mol. The minimum absolute atomic E-state index is 0.0167. The number of hydrogen-bond donors (Lipinski definition) is 3. The molecule has 19 heavy (non-hydrogen) atoms. The molecule has 0 aliphatic rings. The maximum absolute atomic E-state index is 11.6. The second-order valence-corrected chi connectivity index (χ2v) is 5.00. The summed E-state index contributed by atoms with van der Waals surface area (Å²) < 4.78 is 0. The van der Waals surface area contributed by atoms with Crippen LogP contribution in [0.3, 0.4) is 0 Å². The van der Waals surface area contributed by atoms with Gasteiger partial charge in [-0.1, -0.05) is 24.6 Å². The van der Waals surface area contributed by atoms with E-state index in [9.17, 15) is 4.79 Å². The molecule has 0 radical (unpaired) electrons. The zero-order valence-electron chi connectivity index (χ0n) is 11.5. The van der Waals surface area contributed by atoms with E-state index in [1.165, 1.54) is 0 Å². The summed E-state index contributed by atoms with van der Waals surface area (Å²) in [7, 11) is 0. The summed E-state index contributed by atoms with van der Waals surface area (Å²) in [4.78, 5) is 11.6. The van der Waals surface area contributed by atoms with Crippen LogP contribution in [0.25, 0.3) is 0 Å². The number of hydrogen-bond acceptors (Lipinski definition) is 3. The number of rotatable bonds is 7. The Labute approximate surface area is 119 Å². The van der Waals surface area contributed by atoms with E-state index < -0.39 is 0 Å². The largest absolute Gasteiger partial charge is 0.380 e. The molecule has 1 aromatic rings. The third-order valence-corrected chi connectivity index (χ3v) is 3.24. The maximum atomic E-state index is 11.6. The van der Waals surface area contributed by atoms with Crippen LogP contribution in [0.2, 0.25) is 5.02 Å². The molecule has 1 unspecified atom stereocenters. The quantitative estimate of drug-likeness (QED) is 0.719. The molecule has 0 saturated heterocycles. The molecule has 0 aromatic heterocycles. The molecule has 4 N–H and O–H groups in total. The van der Waals surface area contributed by atoms with Crippen molar-refractivity contribution < 1.29 is 4.79 Å². The lowest BCUT2D eigenvalue weighted by Gasteiger charge is -2.18. The van der Waals surface area contributed by atoms with E-state index in [0.29, 0.717) is 24.5 Å². The predicted octanol–water partition coefficient (Wildman–Crippen LogP) is 2.30. The second-order valence-electron chi connectivity index (χ2n) is 4.60. The lowest BCUT2D eigenvalue weighted by atomic mass is 10.1. The summed E-state index contributed by atoms with van der Waals surface area (Å²) in [6.07, 6.45) is 1.29. The average Bonchev–Trinajstić information content (AvgIpc) is 2.39. The smallest absolute Gasteiger partial charge is 0.222 e. The van der Waals surface area contributed by atoms with Crippen LogP contribution in [0.5, 0.6) is 0 Å².